The van der Waals surface area contributed by atoms with E-state index < -0.39 is 0 Å². The van der Waals surface area contributed by atoms with Crippen LogP contribution in [0.25, 0.3) is 0 Å². The maximum atomic E-state index is 12.8. The highest BCUT2D eigenvalue weighted by molar-refractivity contribution is 5.96. The van der Waals surface area contributed by atoms with Crippen LogP contribution in [0.15, 0.2) is 18.2 Å². The predicted molar refractivity (Wildman–Crippen MR) is 92.5 cm³/mol. The molecule has 1 aromatic carbocycles. The first-order valence-corrected chi connectivity index (χ1v) is 8.52. The number of amides is 2. The molecule has 0 aromatic heterocycles. The lowest BCUT2D eigenvalue weighted by Crippen LogP contribution is -2.37. The summed E-state index contributed by atoms with van der Waals surface area (Å²) in [6.45, 7) is 10.8. The Hall–Kier alpha value is -1.84. The first-order chi connectivity index (χ1) is 10.9. The fourth-order valence-electron chi connectivity index (χ4n) is 2.98. The molecule has 4 nitrogen and oxygen atoms in total. The van der Waals surface area contributed by atoms with Gasteiger partial charge in [-0.1, -0.05) is 31.5 Å². The molecule has 0 atom stereocenters. The number of benzene rings is 1. The minimum atomic E-state index is 0.0874. The van der Waals surface area contributed by atoms with Crippen LogP contribution in [-0.2, 0) is 4.79 Å². The average molecular weight is 316 g/mol. The van der Waals surface area contributed by atoms with E-state index in [-0.39, 0.29) is 11.8 Å². The zero-order valence-corrected chi connectivity index (χ0v) is 14.8. The summed E-state index contributed by atoms with van der Waals surface area (Å²) in [7, 11) is 0. The first-order valence-electron chi connectivity index (χ1n) is 8.52. The fraction of sp³-hybridized carbons (Fsp3) is 0.579. The molecule has 1 saturated heterocycles. The van der Waals surface area contributed by atoms with Gasteiger partial charge < -0.3 is 9.80 Å². The monoisotopic (exact) mass is 316 g/mol. The van der Waals surface area contributed by atoms with Crippen molar-refractivity contribution in [2.24, 2.45) is 5.92 Å². The van der Waals surface area contributed by atoms with Gasteiger partial charge in [0.2, 0.25) is 5.91 Å². The number of hydrogen-bond donors (Lipinski definition) is 0. The van der Waals surface area contributed by atoms with Crippen LogP contribution < -0.4 is 0 Å². The van der Waals surface area contributed by atoms with Crippen LogP contribution in [0.2, 0.25) is 0 Å². The molecule has 23 heavy (non-hydrogen) atoms. The number of aryl methyl sites for hydroxylation is 2. The molecule has 126 valence electrons. The fourth-order valence-corrected chi connectivity index (χ4v) is 2.98. The van der Waals surface area contributed by atoms with E-state index in [1.165, 1.54) is 0 Å². The molecular formula is C19H28N2O2. The molecule has 0 aliphatic carbocycles. The van der Waals surface area contributed by atoms with Crippen molar-refractivity contribution in [3.05, 3.63) is 34.9 Å². The zero-order chi connectivity index (χ0) is 17.0. The van der Waals surface area contributed by atoms with Crippen LogP contribution in [0, 0.1) is 19.8 Å². The molecule has 0 saturated carbocycles. The third-order valence-corrected chi connectivity index (χ3v) is 4.34. The number of nitrogens with zero attached hydrogens (tertiary/aromatic N) is 2. The van der Waals surface area contributed by atoms with Crippen LogP contribution >= 0.6 is 0 Å². The second-order valence-electron chi connectivity index (χ2n) is 6.94. The molecule has 0 N–H and O–H groups in total. The minimum absolute atomic E-state index is 0.0874. The molecule has 0 bridgehead atoms. The molecule has 1 fully saturated rings. The van der Waals surface area contributed by atoms with E-state index in [0.29, 0.717) is 25.4 Å². The van der Waals surface area contributed by atoms with Crippen LogP contribution in [0.3, 0.4) is 0 Å². The van der Waals surface area contributed by atoms with Gasteiger partial charge in [0.15, 0.2) is 0 Å². The van der Waals surface area contributed by atoms with Crippen molar-refractivity contribution < 1.29 is 9.59 Å². The Morgan fingerprint density at radius 1 is 1.04 bits per heavy atom. The van der Waals surface area contributed by atoms with E-state index in [9.17, 15) is 9.59 Å². The topological polar surface area (TPSA) is 40.6 Å². The van der Waals surface area contributed by atoms with Gasteiger partial charge in [0.05, 0.1) is 0 Å². The third-order valence-electron chi connectivity index (χ3n) is 4.34. The molecule has 4 heteroatoms. The second kappa shape index (κ2) is 7.62. The SMILES string of the molecule is Cc1ccc(C)c(C(=O)N2CCCN(C(=O)CC(C)C)CC2)c1. The lowest BCUT2D eigenvalue weighted by atomic mass is 10.0. The molecule has 0 spiro atoms. The number of rotatable bonds is 3. The Kier molecular flexibility index (Phi) is 5.80. The van der Waals surface area contributed by atoms with Crippen LogP contribution in [-0.4, -0.2) is 47.8 Å². The standard InChI is InChI=1S/C19H28N2O2/c1-14(2)12-18(22)20-8-5-9-21(11-10-20)19(23)17-13-15(3)6-7-16(17)4/h6-7,13-14H,5,8-12H2,1-4H3. The van der Waals surface area contributed by atoms with Gasteiger partial charge in [-0.15, -0.1) is 0 Å². The Morgan fingerprint density at radius 2 is 1.70 bits per heavy atom. The van der Waals surface area contributed by atoms with Gasteiger partial charge in [-0.3, -0.25) is 9.59 Å². The zero-order valence-electron chi connectivity index (χ0n) is 14.8. The summed E-state index contributed by atoms with van der Waals surface area (Å²) >= 11 is 0. The van der Waals surface area contributed by atoms with E-state index in [0.717, 1.165) is 36.2 Å². The molecule has 1 aliphatic heterocycles. The lowest BCUT2D eigenvalue weighted by Gasteiger charge is -2.23. The quantitative estimate of drug-likeness (QED) is 0.860. The summed E-state index contributed by atoms with van der Waals surface area (Å²) in [5.41, 5.74) is 2.90. The molecule has 1 aliphatic rings. The Labute approximate surface area is 139 Å². The third kappa shape index (κ3) is 4.57. The van der Waals surface area contributed by atoms with E-state index >= 15 is 0 Å². The van der Waals surface area contributed by atoms with Gasteiger partial charge in [0, 0.05) is 38.2 Å². The molecule has 1 aromatic rings. The number of hydrogen-bond acceptors (Lipinski definition) is 2. The van der Waals surface area contributed by atoms with E-state index in [1.54, 1.807) is 0 Å². The van der Waals surface area contributed by atoms with E-state index in [2.05, 4.69) is 13.8 Å². The van der Waals surface area contributed by atoms with Crippen LogP contribution in [0.5, 0.6) is 0 Å². The Bertz CT molecular complexity index is 581. The summed E-state index contributed by atoms with van der Waals surface area (Å²) < 4.78 is 0. The highest BCUT2D eigenvalue weighted by Crippen LogP contribution is 2.16. The van der Waals surface area contributed by atoms with Crippen LogP contribution in [0.1, 0.15) is 48.2 Å². The highest BCUT2D eigenvalue weighted by Gasteiger charge is 2.23. The molecule has 0 unspecified atom stereocenters. The number of carbonyl (C=O) groups is 2. The predicted octanol–water partition coefficient (Wildman–Crippen LogP) is 3.02. The molecule has 1 heterocycles. The van der Waals surface area contributed by atoms with Gasteiger partial charge in [0.1, 0.15) is 0 Å². The maximum Gasteiger partial charge on any atom is 0.254 e. The van der Waals surface area contributed by atoms with Gasteiger partial charge in [-0.05, 0) is 37.8 Å². The van der Waals surface area contributed by atoms with Crippen molar-refractivity contribution in [2.45, 2.75) is 40.5 Å². The summed E-state index contributed by atoms with van der Waals surface area (Å²) in [6.07, 6.45) is 1.44. The van der Waals surface area contributed by atoms with Crippen molar-refractivity contribution >= 4 is 11.8 Å². The molecule has 2 amide bonds. The van der Waals surface area contributed by atoms with Crippen molar-refractivity contribution in [3.63, 3.8) is 0 Å². The maximum absolute atomic E-state index is 12.8. The van der Waals surface area contributed by atoms with E-state index in [4.69, 9.17) is 0 Å². The summed E-state index contributed by atoms with van der Waals surface area (Å²) in [5.74, 6) is 0.670. The minimum Gasteiger partial charge on any atom is -0.341 e. The van der Waals surface area contributed by atoms with Crippen molar-refractivity contribution in [1.82, 2.24) is 9.80 Å². The van der Waals surface area contributed by atoms with Gasteiger partial charge in [0.25, 0.3) is 5.91 Å². The summed E-state index contributed by atoms with van der Waals surface area (Å²) in [4.78, 5) is 28.8. The Morgan fingerprint density at radius 3 is 2.39 bits per heavy atom. The van der Waals surface area contributed by atoms with Crippen LogP contribution in [0.4, 0.5) is 0 Å². The van der Waals surface area contributed by atoms with Gasteiger partial charge in [-0.25, -0.2) is 0 Å². The van der Waals surface area contributed by atoms with E-state index in [1.807, 2.05) is 41.8 Å². The van der Waals surface area contributed by atoms with Crippen molar-refractivity contribution in [2.75, 3.05) is 26.2 Å². The summed E-state index contributed by atoms with van der Waals surface area (Å²) in [6, 6.07) is 5.99. The molecular weight excluding hydrogens is 288 g/mol. The number of carbonyl (C=O) groups excluding carboxylic acids is 2. The van der Waals surface area contributed by atoms with Crippen molar-refractivity contribution in [3.8, 4) is 0 Å². The first kappa shape index (κ1) is 17.5. The summed E-state index contributed by atoms with van der Waals surface area (Å²) in [5, 5.41) is 0. The lowest BCUT2D eigenvalue weighted by molar-refractivity contribution is -0.131. The van der Waals surface area contributed by atoms with Gasteiger partial charge in [-0.2, -0.15) is 0 Å². The Balaban J connectivity index is 2.04. The normalized spacial score (nSPS) is 15.7. The highest BCUT2D eigenvalue weighted by atomic mass is 16.2. The molecule has 2 rings (SSSR count). The average Bonchev–Trinajstić information content (AvgIpc) is 2.74. The smallest absolute Gasteiger partial charge is 0.254 e. The largest absolute Gasteiger partial charge is 0.341 e. The van der Waals surface area contributed by atoms with Gasteiger partial charge >= 0.3 is 0 Å². The molecule has 0 radical (unpaired) electrons. The van der Waals surface area contributed by atoms with Crippen molar-refractivity contribution in [1.29, 1.82) is 0 Å². The second-order valence-corrected chi connectivity index (χ2v) is 6.94.